The summed E-state index contributed by atoms with van der Waals surface area (Å²) >= 11 is 2.06. The van der Waals surface area contributed by atoms with Gasteiger partial charge in [-0.2, -0.15) is 0 Å². The summed E-state index contributed by atoms with van der Waals surface area (Å²) in [5.74, 6) is 0. The molecule has 110 valence electrons. The molecule has 2 aromatic carbocycles. The fourth-order valence-corrected chi connectivity index (χ4v) is 4.18. The highest BCUT2D eigenvalue weighted by molar-refractivity contribution is 14.1. The summed E-state index contributed by atoms with van der Waals surface area (Å²) in [6.45, 7) is 1.24. The summed E-state index contributed by atoms with van der Waals surface area (Å²) in [7, 11) is -3.36. The highest BCUT2D eigenvalue weighted by Gasteiger charge is 2.11. The lowest BCUT2D eigenvalue weighted by Gasteiger charge is -2.05. The Hall–Kier alpha value is -1.18. The van der Waals surface area contributed by atoms with E-state index in [2.05, 4.69) is 27.9 Å². The van der Waals surface area contributed by atoms with Crippen LogP contribution < -0.4 is 5.32 Å². The lowest BCUT2D eigenvalue weighted by molar-refractivity contribution is 0.604. The Morgan fingerprint density at radius 3 is 2.19 bits per heavy atom. The zero-order chi connectivity index (χ0) is 15.1. The minimum atomic E-state index is -3.36. The molecule has 3 nitrogen and oxygen atoms in total. The molecule has 0 bridgehead atoms. The van der Waals surface area contributed by atoms with Gasteiger partial charge in [-0.25, -0.2) is 8.42 Å². The van der Waals surface area contributed by atoms with Crippen LogP contribution in [-0.4, -0.2) is 15.0 Å². The fourth-order valence-electron chi connectivity index (χ4n) is 1.81. The monoisotopic (exact) mass is 413 g/mol. The first-order valence-electron chi connectivity index (χ1n) is 6.49. The Morgan fingerprint density at radius 1 is 1.00 bits per heavy atom. The number of rotatable bonds is 6. The summed E-state index contributed by atoms with van der Waals surface area (Å²) in [6.07, 6.45) is 0. The van der Waals surface area contributed by atoms with Crippen molar-refractivity contribution in [3.63, 3.8) is 0 Å². The average Bonchev–Trinajstić information content (AvgIpc) is 2.49. The van der Waals surface area contributed by atoms with E-state index in [-0.39, 0.29) is 0 Å². The molecule has 0 saturated heterocycles. The molecule has 2 aromatic rings. The van der Waals surface area contributed by atoms with Gasteiger partial charge in [0.15, 0.2) is 0 Å². The van der Waals surface area contributed by atoms with Gasteiger partial charge in [0, 0.05) is 22.1 Å². The van der Waals surface area contributed by atoms with Crippen LogP contribution in [0.25, 0.3) is 0 Å². The molecular weight excluding hydrogens is 397 g/mol. The first-order valence-corrected chi connectivity index (χ1v) is 9.11. The predicted molar refractivity (Wildman–Crippen MR) is 93.9 cm³/mol. The van der Waals surface area contributed by atoms with Crippen LogP contribution in [0.3, 0.4) is 0 Å². The lowest BCUT2D eigenvalue weighted by atomic mass is 10.2. The maximum absolute atomic E-state index is 12.2. The van der Waals surface area contributed by atoms with Gasteiger partial charge >= 0.3 is 0 Å². The maximum Gasteiger partial charge on any atom is 0.200 e. The van der Waals surface area contributed by atoms with E-state index in [1.807, 2.05) is 30.3 Å². The Labute approximate surface area is 139 Å². The number of nitrogens with one attached hydrogen (secondary N) is 1. The lowest BCUT2D eigenvalue weighted by Crippen LogP contribution is -2.15. The van der Waals surface area contributed by atoms with E-state index in [1.165, 1.54) is 11.0 Å². The van der Waals surface area contributed by atoms with Crippen molar-refractivity contribution in [2.45, 2.75) is 11.4 Å². The smallest absolute Gasteiger partial charge is 0.200 e. The van der Waals surface area contributed by atoms with Crippen LogP contribution in [0, 0.1) is 0 Å². The quantitative estimate of drug-likeness (QED) is 0.738. The average molecular weight is 413 g/mol. The number of hydrogen-bond donors (Lipinski definition) is 1. The Balaban J connectivity index is 1.95. The van der Waals surface area contributed by atoms with Crippen molar-refractivity contribution in [3.8, 4) is 0 Å². The van der Waals surface area contributed by atoms with Gasteiger partial charge in [0.1, 0.15) is 0 Å². The van der Waals surface area contributed by atoms with E-state index in [9.17, 15) is 8.42 Å². The maximum atomic E-state index is 12.2. The van der Waals surface area contributed by atoms with Crippen LogP contribution in [0.5, 0.6) is 0 Å². The molecule has 0 aliphatic rings. The fraction of sp³-hybridized carbons (Fsp3) is 0.125. The molecule has 0 aromatic heterocycles. The molecule has 5 heteroatoms. The van der Waals surface area contributed by atoms with E-state index in [0.29, 0.717) is 18.0 Å². The molecule has 0 spiro atoms. The third kappa shape index (κ3) is 5.26. The van der Waals surface area contributed by atoms with Gasteiger partial charge in [-0.3, -0.25) is 0 Å². The van der Waals surface area contributed by atoms with Crippen molar-refractivity contribution in [2.75, 3.05) is 6.54 Å². The summed E-state index contributed by atoms with van der Waals surface area (Å²) in [4.78, 5) is 0.322. The Kier molecular flexibility index (Phi) is 5.96. The van der Waals surface area contributed by atoms with Crippen LogP contribution in [-0.2, 0) is 16.4 Å². The molecule has 0 fully saturated rings. The molecule has 0 amide bonds. The highest BCUT2D eigenvalue weighted by Crippen LogP contribution is 2.16. The molecule has 0 saturated carbocycles. The summed E-state index contributed by atoms with van der Waals surface area (Å²) in [5.41, 5.74) is 1.17. The second-order valence-electron chi connectivity index (χ2n) is 4.51. The van der Waals surface area contributed by atoms with Crippen molar-refractivity contribution in [2.24, 2.45) is 0 Å². The van der Waals surface area contributed by atoms with Gasteiger partial charge in [-0.1, -0.05) is 48.5 Å². The first-order chi connectivity index (χ1) is 10.1. The van der Waals surface area contributed by atoms with Gasteiger partial charge in [0.2, 0.25) is 9.84 Å². The molecule has 0 aliphatic heterocycles. The normalized spacial score (nSPS) is 12.3. The van der Waals surface area contributed by atoms with Crippen molar-refractivity contribution in [1.29, 1.82) is 0 Å². The molecule has 0 radical (unpaired) electrons. The summed E-state index contributed by atoms with van der Waals surface area (Å²) in [6, 6.07) is 18.5. The third-order valence-electron chi connectivity index (χ3n) is 2.82. The number of benzene rings is 2. The second-order valence-corrected chi connectivity index (χ2v) is 7.69. The molecular formula is C16H16INO2S. The predicted octanol–water partition coefficient (Wildman–Crippen LogP) is 3.53. The summed E-state index contributed by atoms with van der Waals surface area (Å²) < 4.78 is 25.1. The van der Waals surface area contributed by atoms with Gasteiger partial charge in [0.25, 0.3) is 0 Å². The number of sulfone groups is 1. The van der Waals surface area contributed by atoms with Gasteiger partial charge in [0.05, 0.1) is 4.90 Å². The minimum absolute atomic E-state index is 0.322. The van der Waals surface area contributed by atoms with Gasteiger partial charge < -0.3 is 5.32 Å². The van der Waals surface area contributed by atoms with Crippen molar-refractivity contribution < 1.29 is 8.42 Å². The van der Waals surface area contributed by atoms with Gasteiger partial charge in [-0.15, -0.1) is 0 Å². The van der Waals surface area contributed by atoms with E-state index < -0.39 is 9.84 Å². The molecule has 21 heavy (non-hydrogen) atoms. The van der Waals surface area contributed by atoms with Crippen LogP contribution in [0.1, 0.15) is 5.56 Å². The largest absolute Gasteiger partial charge is 0.308 e. The number of hydrogen-bond acceptors (Lipinski definition) is 3. The van der Waals surface area contributed by atoms with Crippen LogP contribution in [0.4, 0.5) is 0 Å². The van der Waals surface area contributed by atoms with Gasteiger partial charge in [-0.05, 0) is 40.3 Å². The highest BCUT2D eigenvalue weighted by atomic mass is 127. The van der Waals surface area contributed by atoms with Crippen LogP contribution in [0.15, 0.2) is 74.5 Å². The minimum Gasteiger partial charge on any atom is -0.308 e. The standard InChI is InChI=1S/C16H16INO2S/c17-15(12-18-11-14-7-3-1-4-8-14)13-21(19,20)16-9-5-2-6-10-16/h1-10,13,18H,11-12H2/b15-13+. The van der Waals surface area contributed by atoms with E-state index in [1.54, 1.807) is 30.3 Å². The number of halogens is 1. The zero-order valence-electron chi connectivity index (χ0n) is 11.4. The Bertz CT molecular complexity index is 698. The van der Waals surface area contributed by atoms with Crippen LogP contribution in [0.2, 0.25) is 0 Å². The molecule has 2 rings (SSSR count). The zero-order valence-corrected chi connectivity index (χ0v) is 14.3. The molecule has 0 aliphatic carbocycles. The molecule has 1 N–H and O–H groups in total. The molecule has 0 unspecified atom stereocenters. The topological polar surface area (TPSA) is 46.2 Å². The first kappa shape index (κ1) is 16.2. The Morgan fingerprint density at radius 2 is 1.57 bits per heavy atom. The van der Waals surface area contributed by atoms with E-state index >= 15 is 0 Å². The van der Waals surface area contributed by atoms with Crippen molar-refractivity contribution in [3.05, 3.63) is 75.2 Å². The molecule has 0 atom stereocenters. The van der Waals surface area contributed by atoms with E-state index in [4.69, 9.17) is 0 Å². The van der Waals surface area contributed by atoms with Crippen LogP contribution >= 0.6 is 22.6 Å². The third-order valence-corrected chi connectivity index (χ3v) is 5.46. The van der Waals surface area contributed by atoms with Crippen molar-refractivity contribution in [1.82, 2.24) is 5.32 Å². The summed E-state index contributed by atoms with van der Waals surface area (Å²) in [5, 5.41) is 4.56. The molecule has 0 heterocycles. The SMILES string of the molecule is O=S(=O)(/C=C(/I)CNCc1ccccc1)c1ccccc1. The second kappa shape index (κ2) is 7.72. The van der Waals surface area contributed by atoms with Crippen molar-refractivity contribution >= 4 is 32.4 Å². The van der Waals surface area contributed by atoms with E-state index in [0.717, 1.165) is 3.58 Å².